The van der Waals surface area contributed by atoms with Gasteiger partial charge < -0.3 is 15.4 Å². The van der Waals surface area contributed by atoms with Crippen molar-refractivity contribution >= 4 is 15.7 Å². The van der Waals surface area contributed by atoms with Crippen molar-refractivity contribution in [1.82, 2.24) is 10.6 Å². The van der Waals surface area contributed by atoms with E-state index in [1.807, 2.05) is 18.2 Å². The summed E-state index contributed by atoms with van der Waals surface area (Å²) < 4.78 is 65.0. The minimum Gasteiger partial charge on any atom is -0.406 e. The summed E-state index contributed by atoms with van der Waals surface area (Å²) >= 11 is 0. The second kappa shape index (κ2) is 11.0. The molecule has 2 aromatic carbocycles. The molecule has 32 heavy (non-hydrogen) atoms. The lowest BCUT2D eigenvalue weighted by molar-refractivity contribution is -0.274. The highest BCUT2D eigenvalue weighted by molar-refractivity contribution is 7.91. The maximum atomic E-state index is 12.3. The van der Waals surface area contributed by atoms with Gasteiger partial charge >= 0.3 is 6.36 Å². The molecule has 0 aliphatic carbocycles. The number of ether oxygens (including phenoxy) is 1. The van der Waals surface area contributed by atoms with Crippen LogP contribution in [0.15, 0.2) is 53.4 Å². The number of rotatable bonds is 10. The number of carbonyl (C=O) groups excluding carboxylic acids is 1. The Hall–Kier alpha value is -3.10. The fourth-order valence-corrected chi connectivity index (χ4v) is 3.92. The number of sulfone groups is 1. The van der Waals surface area contributed by atoms with E-state index < -0.39 is 33.9 Å². The highest BCUT2D eigenvalue weighted by Crippen LogP contribution is 2.24. The summed E-state index contributed by atoms with van der Waals surface area (Å²) in [6.45, 7) is 2.04. The van der Waals surface area contributed by atoms with Crippen LogP contribution >= 0.6 is 0 Å². The maximum absolute atomic E-state index is 12.3. The fourth-order valence-electron chi connectivity index (χ4n) is 2.70. The molecule has 0 aliphatic heterocycles. The highest BCUT2D eigenvalue weighted by atomic mass is 32.2. The van der Waals surface area contributed by atoms with Gasteiger partial charge in [-0.05, 0) is 55.3 Å². The van der Waals surface area contributed by atoms with Crippen molar-refractivity contribution in [2.45, 2.75) is 37.1 Å². The first-order valence-electron chi connectivity index (χ1n) is 9.56. The molecule has 0 spiro atoms. The van der Waals surface area contributed by atoms with Crippen molar-refractivity contribution in [2.24, 2.45) is 0 Å². The highest BCUT2D eigenvalue weighted by Gasteiger charge is 2.31. The summed E-state index contributed by atoms with van der Waals surface area (Å²) in [5.41, 5.74) is 1.52. The normalized spacial score (nSPS) is 12.6. The van der Waals surface area contributed by atoms with Crippen molar-refractivity contribution in [3.63, 3.8) is 0 Å². The van der Waals surface area contributed by atoms with E-state index in [2.05, 4.69) is 15.4 Å². The quantitative estimate of drug-likeness (QED) is 0.554. The van der Waals surface area contributed by atoms with Gasteiger partial charge in [0.15, 0.2) is 9.84 Å². The molecule has 2 rings (SSSR count). The van der Waals surface area contributed by atoms with Crippen LogP contribution in [0.5, 0.6) is 5.75 Å². The zero-order valence-electron chi connectivity index (χ0n) is 17.1. The van der Waals surface area contributed by atoms with E-state index in [1.165, 1.54) is 0 Å². The monoisotopic (exact) mass is 469 g/mol. The maximum Gasteiger partial charge on any atom is 0.573 e. The Kier molecular flexibility index (Phi) is 8.63. The van der Waals surface area contributed by atoms with E-state index in [-0.39, 0.29) is 17.2 Å². The van der Waals surface area contributed by atoms with Gasteiger partial charge in [-0.2, -0.15) is 5.26 Å². The zero-order valence-corrected chi connectivity index (χ0v) is 18.0. The molecular formula is C21H22F3N3O4S. The molecule has 11 heteroatoms. The predicted octanol–water partition coefficient (Wildman–Crippen LogP) is 2.92. The molecule has 7 nitrogen and oxygen atoms in total. The number of alkyl halides is 3. The van der Waals surface area contributed by atoms with Crippen LogP contribution in [0.1, 0.15) is 24.5 Å². The molecule has 0 saturated carbocycles. The van der Waals surface area contributed by atoms with Crippen LogP contribution in [0.2, 0.25) is 0 Å². The minimum atomic E-state index is -4.86. The molecule has 0 aromatic heterocycles. The van der Waals surface area contributed by atoms with Gasteiger partial charge in [-0.3, -0.25) is 4.79 Å². The van der Waals surface area contributed by atoms with Crippen molar-refractivity contribution in [2.75, 3.05) is 12.4 Å². The third-order valence-corrected chi connectivity index (χ3v) is 5.89. The number of carbonyl (C=O) groups is 1. The Morgan fingerprint density at radius 3 is 2.31 bits per heavy atom. The lowest BCUT2D eigenvalue weighted by atomic mass is 10.1. The van der Waals surface area contributed by atoms with Gasteiger partial charge in [-0.1, -0.05) is 12.1 Å². The van der Waals surface area contributed by atoms with Gasteiger partial charge in [0.2, 0.25) is 5.91 Å². The molecule has 0 heterocycles. The summed E-state index contributed by atoms with van der Waals surface area (Å²) in [6.07, 6.45) is -4.23. The zero-order chi connectivity index (χ0) is 23.8. The molecule has 172 valence electrons. The molecular weight excluding hydrogens is 447 g/mol. The molecule has 2 N–H and O–H groups in total. The van der Waals surface area contributed by atoms with Gasteiger partial charge in [0.05, 0.1) is 16.5 Å². The molecule has 0 fully saturated rings. The number of benzene rings is 2. The van der Waals surface area contributed by atoms with Crippen LogP contribution in [-0.2, 0) is 21.1 Å². The summed E-state index contributed by atoms with van der Waals surface area (Å²) in [6, 6.07) is 12.5. The van der Waals surface area contributed by atoms with E-state index in [0.29, 0.717) is 18.5 Å². The lowest BCUT2D eigenvalue weighted by Crippen LogP contribution is -2.37. The van der Waals surface area contributed by atoms with Crippen molar-refractivity contribution in [3.8, 4) is 11.8 Å². The average molecular weight is 469 g/mol. The van der Waals surface area contributed by atoms with Crippen LogP contribution in [0.3, 0.4) is 0 Å². The van der Waals surface area contributed by atoms with E-state index in [4.69, 9.17) is 5.26 Å². The molecule has 0 bridgehead atoms. The molecule has 1 amide bonds. The molecule has 0 aliphatic rings. The van der Waals surface area contributed by atoms with E-state index in [9.17, 15) is 26.4 Å². The average Bonchev–Trinajstić information content (AvgIpc) is 2.72. The summed E-state index contributed by atoms with van der Waals surface area (Å²) in [4.78, 5) is 11.9. The van der Waals surface area contributed by atoms with Crippen LogP contribution in [0.25, 0.3) is 0 Å². The first-order valence-corrected chi connectivity index (χ1v) is 11.2. The van der Waals surface area contributed by atoms with E-state index in [1.54, 1.807) is 19.1 Å². The number of amides is 1. The SMILES string of the molecule is CC(CC(=O)NCCc1ccc(C#N)cc1)NCS(=O)(=O)c1ccc(OC(F)(F)F)cc1. The first kappa shape index (κ1) is 25.2. The summed E-state index contributed by atoms with van der Waals surface area (Å²) in [5.74, 6) is -1.26. The second-order valence-corrected chi connectivity index (χ2v) is 8.99. The van der Waals surface area contributed by atoms with Crippen LogP contribution in [0.4, 0.5) is 13.2 Å². The van der Waals surface area contributed by atoms with Crippen LogP contribution < -0.4 is 15.4 Å². The number of hydrogen-bond acceptors (Lipinski definition) is 6. The minimum absolute atomic E-state index is 0.0429. The first-order chi connectivity index (χ1) is 15.0. The second-order valence-electron chi connectivity index (χ2n) is 7.00. The molecule has 0 saturated heterocycles. The predicted molar refractivity (Wildman–Crippen MR) is 110 cm³/mol. The van der Waals surface area contributed by atoms with E-state index >= 15 is 0 Å². The van der Waals surface area contributed by atoms with Gasteiger partial charge in [0, 0.05) is 19.0 Å². The third kappa shape index (κ3) is 8.56. The van der Waals surface area contributed by atoms with Gasteiger partial charge in [0.1, 0.15) is 11.6 Å². The largest absolute Gasteiger partial charge is 0.573 e. The fraction of sp³-hybridized carbons (Fsp3) is 0.333. The molecule has 2 aromatic rings. The van der Waals surface area contributed by atoms with Crippen molar-refractivity contribution in [3.05, 3.63) is 59.7 Å². The number of nitrogens with zero attached hydrogens (tertiary/aromatic N) is 1. The Labute approximate surface area is 184 Å². The number of hydrogen-bond donors (Lipinski definition) is 2. The van der Waals surface area contributed by atoms with Gasteiger partial charge in [-0.25, -0.2) is 8.42 Å². The van der Waals surface area contributed by atoms with Crippen LogP contribution in [-0.4, -0.2) is 39.2 Å². The summed E-state index contributed by atoms with van der Waals surface area (Å²) in [5, 5.41) is 14.3. The number of nitriles is 1. The van der Waals surface area contributed by atoms with E-state index in [0.717, 1.165) is 29.8 Å². The van der Waals surface area contributed by atoms with Crippen LogP contribution in [0, 0.1) is 11.3 Å². The van der Waals surface area contributed by atoms with Gasteiger partial charge in [-0.15, -0.1) is 13.2 Å². The third-order valence-electron chi connectivity index (χ3n) is 4.35. The Morgan fingerprint density at radius 1 is 1.12 bits per heavy atom. The Morgan fingerprint density at radius 2 is 1.75 bits per heavy atom. The van der Waals surface area contributed by atoms with Crippen molar-refractivity contribution < 1.29 is 31.1 Å². The smallest absolute Gasteiger partial charge is 0.406 e. The topological polar surface area (TPSA) is 108 Å². The Bertz CT molecular complexity index is 1050. The number of nitrogens with one attached hydrogen (secondary N) is 2. The number of halogens is 3. The standard InChI is InChI=1S/C21H22F3N3O4S/c1-15(12-20(28)26-11-10-16-2-4-17(13-25)5-3-16)27-14-32(29,30)19-8-6-18(7-9-19)31-21(22,23)24/h2-9,15,27H,10-12,14H2,1H3,(H,26,28). The van der Waals surface area contributed by atoms with Gasteiger partial charge in [0.25, 0.3) is 0 Å². The lowest BCUT2D eigenvalue weighted by Gasteiger charge is -2.14. The van der Waals surface area contributed by atoms with Crippen molar-refractivity contribution in [1.29, 1.82) is 5.26 Å². The molecule has 1 atom stereocenters. The summed E-state index contributed by atoms with van der Waals surface area (Å²) in [7, 11) is -3.81. The Balaban J connectivity index is 1.76. The molecule has 1 unspecified atom stereocenters. The molecule has 0 radical (unpaired) electrons.